The standard InChI is InChI=1S/C15H22N2O/c1-12-6-3-4-7-13(12)11-18-15-9-5-8-14(17-15)10-16-2/h3-5,8-9,12-13,16H,6-7,10-11H2,1-2H3. The van der Waals surface area contributed by atoms with E-state index in [0.29, 0.717) is 11.8 Å². The Hall–Kier alpha value is -1.35. The van der Waals surface area contributed by atoms with E-state index < -0.39 is 0 Å². The van der Waals surface area contributed by atoms with Crippen molar-refractivity contribution in [2.75, 3.05) is 13.7 Å². The lowest BCUT2D eigenvalue weighted by molar-refractivity contribution is 0.192. The summed E-state index contributed by atoms with van der Waals surface area (Å²) >= 11 is 0. The van der Waals surface area contributed by atoms with Gasteiger partial charge < -0.3 is 10.1 Å². The molecule has 2 atom stereocenters. The predicted octanol–water partition coefficient (Wildman–Crippen LogP) is 2.78. The largest absolute Gasteiger partial charge is 0.477 e. The van der Waals surface area contributed by atoms with E-state index >= 15 is 0 Å². The highest BCUT2D eigenvalue weighted by atomic mass is 16.5. The molecule has 1 aromatic heterocycles. The molecule has 0 aliphatic heterocycles. The molecule has 0 aromatic carbocycles. The molecule has 98 valence electrons. The summed E-state index contributed by atoms with van der Waals surface area (Å²) in [4.78, 5) is 4.47. The summed E-state index contributed by atoms with van der Waals surface area (Å²) in [5.41, 5.74) is 1.02. The Labute approximate surface area is 109 Å². The molecule has 1 N–H and O–H groups in total. The third kappa shape index (κ3) is 3.57. The van der Waals surface area contributed by atoms with Crippen LogP contribution in [0.5, 0.6) is 5.88 Å². The Morgan fingerprint density at radius 3 is 2.94 bits per heavy atom. The number of aromatic nitrogens is 1. The minimum Gasteiger partial charge on any atom is -0.477 e. The topological polar surface area (TPSA) is 34.1 Å². The van der Waals surface area contributed by atoms with Gasteiger partial charge in [-0.1, -0.05) is 25.1 Å². The highest BCUT2D eigenvalue weighted by molar-refractivity contribution is 5.15. The van der Waals surface area contributed by atoms with Crippen LogP contribution < -0.4 is 10.1 Å². The van der Waals surface area contributed by atoms with Gasteiger partial charge in [0.2, 0.25) is 5.88 Å². The monoisotopic (exact) mass is 246 g/mol. The molecule has 1 aliphatic carbocycles. The summed E-state index contributed by atoms with van der Waals surface area (Å²) in [6.07, 6.45) is 6.82. The number of rotatable bonds is 5. The van der Waals surface area contributed by atoms with Crippen LogP contribution in [-0.2, 0) is 6.54 Å². The van der Waals surface area contributed by atoms with Crippen molar-refractivity contribution in [3.63, 3.8) is 0 Å². The number of allylic oxidation sites excluding steroid dienone is 2. The highest BCUT2D eigenvalue weighted by Crippen LogP contribution is 2.25. The van der Waals surface area contributed by atoms with Gasteiger partial charge >= 0.3 is 0 Å². The molecule has 0 bridgehead atoms. The van der Waals surface area contributed by atoms with Crippen molar-refractivity contribution in [3.8, 4) is 5.88 Å². The number of nitrogens with one attached hydrogen (secondary N) is 1. The zero-order valence-corrected chi connectivity index (χ0v) is 11.2. The minimum absolute atomic E-state index is 0.616. The van der Waals surface area contributed by atoms with Crippen LogP contribution in [0.4, 0.5) is 0 Å². The van der Waals surface area contributed by atoms with Crippen molar-refractivity contribution in [2.24, 2.45) is 11.8 Å². The average molecular weight is 246 g/mol. The minimum atomic E-state index is 0.616. The van der Waals surface area contributed by atoms with E-state index in [4.69, 9.17) is 4.74 Å². The van der Waals surface area contributed by atoms with Crippen molar-refractivity contribution < 1.29 is 4.74 Å². The van der Waals surface area contributed by atoms with Gasteiger partial charge in [-0.2, -0.15) is 0 Å². The summed E-state index contributed by atoms with van der Waals surface area (Å²) in [6.45, 7) is 3.84. The molecule has 2 rings (SSSR count). The fourth-order valence-corrected chi connectivity index (χ4v) is 2.25. The lowest BCUT2D eigenvalue weighted by Gasteiger charge is -2.24. The van der Waals surface area contributed by atoms with Gasteiger partial charge in [-0.3, -0.25) is 0 Å². The second-order valence-corrected chi connectivity index (χ2v) is 4.99. The highest BCUT2D eigenvalue weighted by Gasteiger charge is 2.18. The molecule has 0 amide bonds. The number of nitrogens with zero attached hydrogens (tertiary/aromatic N) is 1. The van der Waals surface area contributed by atoms with Crippen LogP contribution in [0.1, 0.15) is 25.5 Å². The zero-order chi connectivity index (χ0) is 12.8. The fourth-order valence-electron chi connectivity index (χ4n) is 2.25. The second-order valence-electron chi connectivity index (χ2n) is 4.99. The van der Waals surface area contributed by atoms with Gasteiger partial charge in [-0.25, -0.2) is 4.98 Å². The van der Waals surface area contributed by atoms with Crippen molar-refractivity contribution in [1.29, 1.82) is 0 Å². The first-order valence-corrected chi connectivity index (χ1v) is 6.68. The van der Waals surface area contributed by atoms with Crippen molar-refractivity contribution in [3.05, 3.63) is 36.0 Å². The third-order valence-corrected chi connectivity index (χ3v) is 3.50. The third-order valence-electron chi connectivity index (χ3n) is 3.50. The quantitative estimate of drug-likeness (QED) is 0.811. The first kappa shape index (κ1) is 13.1. The van der Waals surface area contributed by atoms with Crippen molar-refractivity contribution >= 4 is 0 Å². The van der Waals surface area contributed by atoms with Gasteiger partial charge in [0, 0.05) is 12.6 Å². The van der Waals surface area contributed by atoms with Gasteiger partial charge in [0.25, 0.3) is 0 Å². The summed E-state index contributed by atoms with van der Waals surface area (Å²) < 4.78 is 5.83. The molecule has 0 saturated heterocycles. The van der Waals surface area contributed by atoms with E-state index in [9.17, 15) is 0 Å². The van der Waals surface area contributed by atoms with E-state index in [1.54, 1.807) is 0 Å². The molecule has 18 heavy (non-hydrogen) atoms. The maximum Gasteiger partial charge on any atom is 0.213 e. The number of hydrogen-bond donors (Lipinski definition) is 1. The van der Waals surface area contributed by atoms with Gasteiger partial charge in [0.05, 0.1) is 12.3 Å². The molecule has 3 heteroatoms. The summed E-state index contributed by atoms with van der Waals surface area (Å²) in [5.74, 6) is 2.06. The Morgan fingerprint density at radius 1 is 1.33 bits per heavy atom. The molecule has 0 radical (unpaired) electrons. The summed E-state index contributed by atoms with van der Waals surface area (Å²) in [7, 11) is 1.92. The van der Waals surface area contributed by atoms with E-state index in [2.05, 4.69) is 29.4 Å². The van der Waals surface area contributed by atoms with Crippen molar-refractivity contribution in [1.82, 2.24) is 10.3 Å². The number of hydrogen-bond acceptors (Lipinski definition) is 3. The second kappa shape index (κ2) is 6.55. The van der Waals surface area contributed by atoms with Crippen LogP contribution in [0, 0.1) is 11.8 Å². The molecule has 0 saturated carbocycles. The first-order chi connectivity index (χ1) is 8.79. The van der Waals surface area contributed by atoms with Gasteiger partial charge in [0.1, 0.15) is 0 Å². The summed E-state index contributed by atoms with van der Waals surface area (Å²) in [5, 5.41) is 3.10. The van der Waals surface area contributed by atoms with Crippen molar-refractivity contribution in [2.45, 2.75) is 26.3 Å². The smallest absolute Gasteiger partial charge is 0.213 e. The van der Waals surface area contributed by atoms with Gasteiger partial charge in [-0.05, 0) is 37.8 Å². The molecule has 1 heterocycles. The molecule has 1 aliphatic rings. The van der Waals surface area contributed by atoms with Crippen LogP contribution in [0.2, 0.25) is 0 Å². The molecular formula is C15H22N2O. The molecule has 0 spiro atoms. The van der Waals surface area contributed by atoms with E-state index in [1.807, 2.05) is 25.2 Å². The van der Waals surface area contributed by atoms with E-state index in [-0.39, 0.29) is 0 Å². The molecule has 3 nitrogen and oxygen atoms in total. The van der Waals surface area contributed by atoms with Crippen LogP contribution in [0.3, 0.4) is 0 Å². The first-order valence-electron chi connectivity index (χ1n) is 6.68. The normalized spacial score (nSPS) is 23.0. The Kier molecular flexibility index (Phi) is 4.76. The SMILES string of the molecule is CNCc1cccc(OCC2CC=CCC2C)n1. The van der Waals surface area contributed by atoms with Crippen LogP contribution in [0.25, 0.3) is 0 Å². The Morgan fingerprint density at radius 2 is 2.17 bits per heavy atom. The molecule has 1 aromatic rings. The Balaban J connectivity index is 1.89. The van der Waals surface area contributed by atoms with Crippen LogP contribution in [0.15, 0.2) is 30.4 Å². The lowest BCUT2D eigenvalue weighted by atomic mass is 9.85. The van der Waals surface area contributed by atoms with Crippen LogP contribution in [-0.4, -0.2) is 18.6 Å². The predicted molar refractivity (Wildman–Crippen MR) is 73.5 cm³/mol. The number of ether oxygens (including phenoxy) is 1. The number of pyridine rings is 1. The zero-order valence-electron chi connectivity index (χ0n) is 11.2. The molecular weight excluding hydrogens is 224 g/mol. The fraction of sp³-hybridized carbons (Fsp3) is 0.533. The van der Waals surface area contributed by atoms with E-state index in [1.165, 1.54) is 6.42 Å². The lowest BCUT2D eigenvalue weighted by Crippen LogP contribution is -2.21. The van der Waals surface area contributed by atoms with Crippen LogP contribution >= 0.6 is 0 Å². The maximum atomic E-state index is 5.83. The van der Waals surface area contributed by atoms with Gasteiger partial charge in [-0.15, -0.1) is 0 Å². The molecule has 0 fully saturated rings. The van der Waals surface area contributed by atoms with E-state index in [0.717, 1.165) is 31.1 Å². The Bertz CT molecular complexity index is 403. The maximum absolute atomic E-state index is 5.83. The summed E-state index contributed by atoms with van der Waals surface area (Å²) in [6, 6.07) is 5.94. The average Bonchev–Trinajstić information content (AvgIpc) is 2.39. The molecule has 2 unspecified atom stereocenters. The van der Waals surface area contributed by atoms with Gasteiger partial charge in [0.15, 0.2) is 0 Å².